The highest BCUT2D eigenvalue weighted by Crippen LogP contribution is 2.28. The maximum absolute atomic E-state index is 4.92. The van der Waals surface area contributed by atoms with Gasteiger partial charge in [0.2, 0.25) is 5.95 Å². The van der Waals surface area contributed by atoms with Crippen LogP contribution in [0, 0.1) is 12.8 Å². The van der Waals surface area contributed by atoms with Crippen LogP contribution in [0.3, 0.4) is 0 Å². The Bertz CT molecular complexity index is 864. The largest absolute Gasteiger partial charge is 0.341 e. The van der Waals surface area contributed by atoms with E-state index in [2.05, 4.69) is 73.3 Å². The third kappa shape index (κ3) is 3.62. The molecule has 2 heterocycles. The molecule has 0 bridgehead atoms. The maximum Gasteiger partial charge on any atom is 0.226 e. The van der Waals surface area contributed by atoms with E-state index in [-0.39, 0.29) is 0 Å². The number of hydrogen-bond acceptors (Lipinski definition) is 3. The van der Waals surface area contributed by atoms with Gasteiger partial charge < -0.3 is 4.90 Å². The van der Waals surface area contributed by atoms with Crippen molar-refractivity contribution in [2.45, 2.75) is 26.7 Å². The van der Waals surface area contributed by atoms with Gasteiger partial charge in [-0.15, -0.1) is 0 Å². The molecule has 2 aromatic carbocycles. The van der Waals surface area contributed by atoms with E-state index in [1.807, 2.05) is 6.07 Å². The Morgan fingerprint density at radius 3 is 2.00 bits per heavy atom. The number of nitrogens with zero attached hydrogens (tertiary/aromatic N) is 3. The van der Waals surface area contributed by atoms with Crippen LogP contribution in [0.15, 0.2) is 60.7 Å². The van der Waals surface area contributed by atoms with Crippen LogP contribution in [0.25, 0.3) is 22.5 Å². The second-order valence-corrected chi connectivity index (χ2v) is 7.34. The van der Waals surface area contributed by atoms with Gasteiger partial charge in [0, 0.05) is 24.2 Å². The third-order valence-electron chi connectivity index (χ3n) is 5.20. The molecule has 132 valence electrons. The van der Waals surface area contributed by atoms with Crippen molar-refractivity contribution in [1.29, 1.82) is 0 Å². The average Bonchev–Trinajstić information content (AvgIpc) is 2.69. The van der Waals surface area contributed by atoms with Gasteiger partial charge in [-0.1, -0.05) is 67.1 Å². The first-order chi connectivity index (χ1) is 12.7. The van der Waals surface area contributed by atoms with Gasteiger partial charge in [0.25, 0.3) is 0 Å². The van der Waals surface area contributed by atoms with Crippen LogP contribution in [0.4, 0.5) is 5.95 Å². The average molecular weight is 343 g/mol. The normalized spacial score (nSPS) is 15.2. The van der Waals surface area contributed by atoms with E-state index in [9.17, 15) is 0 Å². The zero-order valence-electron chi connectivity index (χ0n) is 15.5. The Morgan fingerprint density at radius 2 is 1.38 bits per heavy atom. The summed E-state index contributed by atoms with van der Waals surface area (Å²) >= 11 is 0. The predicted molar refractivity (Wildman–Crippen MR) is 108 cm³/mol. The highest BCUT2D eigenvalue weighted by molar-refractivity contribution is 5.69. The van der Waals surface area contributed by atoms with Crippen molar-refractivity contribution in [2.24, 2.45) is 5.92 Å². The van der Waals surface area contributed by atoms with Crippen LogP contribution < -0.4 is 4.90 Å². The number of rotatable bonds is 3. The number of anilines is 1. The SMILES string of the molecule is Cc1ccc(-c2cc(-c3ccccc3)nc(N3CCC(C)CC3)n2)cc1. The minimum atomic E-state index is 0.792. The van der Waals surface area contributed by atoms with Crippen LogP contribution in [0.5, 0.6) is 0 Å². The van der Waals surface area contributed by atoms with Crippen molar-refractivity contribution in [1.82, 2.24) is 9.97 Å². The number of benzene rings is 2. The molecule has 0 radical (unpaired) electrons. The first-order valence-corrected chi connectivity index (χ1v) is 9.45. The first kappa shape index (κ1) is 16.8. The summed E-state index contributed by atoms with van der Waals surface area (Å²) in [4.78, 5) is 12.2. The highest BCUT2D eigenvalue weighted by atomic mass is 15.3. The van der Waals surface area contributed by atoms with E-state index in [4.69, 9.17) is 9.97 Å². The zero-order chi connectivity index (χ0) is 17.9. The van der Waals surface area contributed by atoms with Gasteiger partial charge >= 0.3 is 0 Å². The van der Waals surface area contributed by atoms with Crippen molar-refractivity contribution >= 4 is 5.95 Å². The van der Waals surface area contributed by atoms with E-state index < -0.39 is 0 Å². The zero-order valence-corrected chi connectivity index (χ0v) is 15.5. The van der Waals surface area contributed by atoms with Crippen LogP contribution in [-0.4, -0.2) is 23.1 Å². The fourth-order valence-corrected chi connectivity index (χ4v) is 3.41. The molecule has 0 N–H and O–H groups in total. The van der Waals surface area contributed by atoms with E-state index in [0.717, 1.165) is 47.5 Å². The van der Waals surface area contributed by atoms with E-state index >= 15 is 0 Å². The highest BCUT2D eigenvalue weighted by Gasteiger charge is 2.19. The molecule has 0 amide bonds. The lowest BCUT2D eigenvalue weighted by Gasteiger charge is -2.30. The Morgan fingerprint density at radius 1 is 0.808 bits per heavy atom. The van der Waals surface area contributed by atoms with Gasteiger partial charge in [-0.05, 0) is 31.7 Å². The summed E-state index contributed by atoms with van der Waals surface area (Å²) in [5, 5.41) is 0. The smallest absolute Gasteiger partial charge is 0.226 e. The second kappa shape index (κ2) is 7.28. The summed E-state index contributed by atoms with van der Waals surface area (Å²) in [5.41, 5.74) is 5.52. The lowest BCUT2D eigenvalue weighted by molar-refractivity contribution is 0.434. The lowest BCUT2D eigenvalue weighted by atomic mass is 9.99. The van der Waals surface area contributed by atoms with E-state index in [1.165, 1.54) is 18.4 Å². The van der Waals surface area contributed by atoms with Gasteiger partial charge in [0.1, 0.15) is 0 Å². The van der Waals surface area contributed by atoms with Gasteiger partial charge in [-0.3, -0.25) is 0 Å². The van der Waals surface area contributed by atoms with Crippen molar-refractivity contribution in [3.63, 3.8) is 0 Å². The summed E-state index contributed by atoms with van der Waals surface area (Å²) in [6.45, 7) is 6.51. The Kier molecular flexibility index (Phi) is 4.70. The summed E-state index contributed by atoms with van der Waals surface area (Å²) in [6.07, 6.45) is 2.41. The predicted octanol–water partition coefficient (Wildman–Crippen LogP) is 5.36. The van der Waals surface area contributed by atoms with Crippen molar-refractivity contribution in [3.8, 4) is 22.5 Å². The minimum Gasteiger partial charge on any atom is -0.341 e. The lowest BCUT2D eigenvalue weighted by Crippen LogP contribution is -2.34. The molecule has 1 aliphatic rings. The van der Waals surface area contributed by atoms with Gasteiger partial charge in [-0.25, -0.2) is 9.97 Å². The molecule has 3 aromatic rings. The summed E-state index contributed by atoms with van der Waals surface area (Å²) < 4.78 is 0. The molecule has 0 spiro atoms. The molecule has 4 rings (SSSR count). The van der Waals surface area contributed by atoms with E-state index in [0.29, 0.717) is 0 Å². The monoisotopic (exact) mass is 343 g/mol. The van der Waals surface area contributed by atoms with Crippen LogP contribution >= 0.6 is 0 Å². The molecule has 0 atom stereocenters. The Labute approximate surface area is 155 Å². The molecule has 1 saturated heterocycles. The van der Waals surface area contributed by atoms with Gasteiger partial charge in [0.15, 0.2) is 0 Å². The third-order valence-corrected chi connectivity index (χ3v) is 5.20. The van der Waals surface area contributed by atoms with Crippen LogP contribution in [0.1, 0.15) is 25.3 Å². The van der Waals surface area contributed by atoms with Crippen LogP contribution in [-0.2, 0) is 0 Å². The fourth-order valence-electron chi connectivity index (χ4n) is 3.41. The number of aromatic nitrogens is 2. The molecule has 0 unspecified atom stereocenters. The summed E-state index contributed by atoms with van der Waals surface area (Å²) in [5.74, 6) is 1.65. The standard InChI is InChI=1S/C23H25N3/c1-17-8-10-20(11-9-17)22-16-21(19-6-4-3-5-7-19)24-23(25-22)26-14-12-18(2)13-15-26/h3-11,16,18H,12-15H2,1-2H3. The molecule has 1 aliphatic heterocycles. The van der Waals surface area contributed by atoms with E-state index in [1.54, 1.807) is 0 Å². The Balaban J connectivity index is 1.78. The first-order valence-electron chi connectivity index (χ1n) is 9.45. The number of aryl methyl sites for hydroxylation is 1. The molecule has 1 aromatic heterocycles. The van der Waals surface area contributed by atoms with Gasteiger partial charge in [-0.2, -0.15) is 0 Å². The fraction of sp³-hybridized carbons (Fsp3) is 0.304. The number of piperidine rings is 1. The molecular formula is C23H25N3. The molecule has 0 aliphatic carbocycles. The molecule has 3 heteroatoms. The van der Waals surface area contributed by atoms with Crippen molar-refractivity contribution in [3.05, 3.63) is 66.2 Å². The molecule has 1 fully saturated rings. The van der Waals surface area contributed by atoms with Gasteiger partial charge in [0.05, 0.1) is 11.4 Å². The molecule has 0 saturated carbocycles. The minimum absolute atomic E-state index is 0.792. The topological polar surface area (TPSA) is 29.0 Å². The second-order valence-electron chi connectivity index (χ2n) is 7.34. The number of hydrogen-bond donors (Lipinski definition) is 0. The van der Waals surface area contributed by atoms with Crippen molar-refractivity contribution < 1.29 is 0 Å². The van der Waals surface area contributed by atoms with Crippen molar-refractivity contribution in [2.75, 3.05) is 18.0 Å². The Hall–Kier alpha value is -2.68. The summed E-state index contributed by atoms with van der Waals surface area (Å²) in [7, 11) is 0. The van der Waals surface area contributed by atoms with Crippen LogP contribution in [0.2, 0.25) is 0 Å². The molecule has 3 nitrogen and oxygen atoms in total. The molecule has 26 heavy (non-hydrogen) atoms. The molecular weight excluding hydrogens is 318 g/mol. The quantitative estimate of drug-likeness (QED) is 0.641. The summed E-state index contributed by atoms with van der Waals surface area (Å²) in [6, 6.07) is 21.1. The maximum atomic E-state index is 4.92.